The number of rotatable bonds is 17. The van der Waals surface area contributed by atoms with E-state index in [1.54, 1.807) is 0 Å². The van der Waals surface area contributed by atoms with Gasteiger partial charge in [0.25, 0.3) is 0 Å². The molecular formula is C26H38F6O8. The van der Waals surface area contributed by atoms with Crippen molar-refractivity contribution in [1.29, 1.82) is 0 Å². The Kier molecular flexibility index (Phi) is 14.2. The standard InChI is InChI=1S/C26H38F6O8/c1-9-15(6)24(27,28)21(34)37-12-18(39-20(33)14(4)5)19(40-23(36)26(31,32)17(8)11-3)13-38-22(35)25(29,30)16(7)10-2/h15-19H,4,9-13H2,1-3,5-8H3. The van der Waals surface area contributed by atoms with E-state index < -0.39 is 84.8 Å². The molecule has 0 aromatic carbocycles. The first-order valence-electron chi connectivity index (χ1n) is 12.8. The van der Waals surface area contributed by atoms with Gasteiger partial charge in [0, 0.05) is 23.3 Å². The summed E-state index contributed by atoms with van der Waals surface area (Å²) in [5.74, 6) is -24.4. The van der Waals surface area contributed by atoms with Crippen LogP contribution in [0.5, 0.6) is 0 Å². The van der Waals surface area contributed by atoms with Gasteiger partial charge in [-0.3, -0.25) is 0 Å². The van der Waals surface area contributed by atoms with E-state index in [1.807, 2.05) is 0 Å². The number of esters is 4. The molecule has 0 aliphatic heterocycles. The summed E-state index contributed by atoms with van der Waals surface area (Å²) in [7, 11) is 0. The van der Waals surface area contributed by atoms with Crippen molar-refractivity contribution in [3.05, 3.63) is 12.2 Å². The number of carbonyl (C=O) groups excluding carboxylic acids is 4. The number of carbonyl (C=O) groups is 4. The Bertz CT molecular complexity index is 908. The van der Waals surface area contributed by atoms with Gasteiger partial charge in [-0.15, -0.1) is 0 Å². The van der Waals surface area contributed by atoms with Crippen LogP contribution in [0.15, 0.2) is 12.2 Å². The zero-order chi connectivity index (χ0) is 31.6. The molecule has 40 heavy (non-hydrogen) atoms. The fraction of sp³-hybridized carbons (Fsp3) is 0.769. The molecular weight excluding hydrogens is 554 g/mol. The lowest BCUT2D eigenvalue weighted by Gasteiger charge is -2.30. The molecule has 232 valence electrons. The Morgan fingerprint density at radius 3 is 1.23 bits per heavy atom. The molecule has 0 fully saturated rings. The molecule has 0 bridgehead atoms. The van der Waals surface area contributed by atoms with Crippen molar-refractivity contribution in [2.24, 2.45) is 17.8 Å². The van der Waals surface area contributed by atoms with Gasteiger partial charge in [0.1, 0.15) is 13.2 Å². The zero-order valence-electron chi connectivity index (χ0n) is 23.7. The minimum atomic E-state index is -4.14. The maximum Gasteiger partial charge on any atom is 0.377 e. The number of hydrogen-bond donors (Lipinski definition) is 0. The summed E-state index contributed by atoms with van der Waals surface area (Å²) in [5.41, 5.74) is -0.295. The zero-order valence-corrected chi connectivity index (χ0v) is 23.7. The molecule has 0 N–H and O–H groups in total. The third kappa shape index (κ3) is 9.69. The van der Waals surface area contributed by atoms with Crippen LogP contribution in [0.1, 0.15) is 67.7 Å². The number of alkyl halides is 6. The van der Waals surface area contributed by atoms with Gasteiger partial charge in [0.15, 0.2) is 12.2 Å². The summed E-state index contributed by atoms with van der Waals surface area (Å²) in [6, 6.07) is 0. The van der Waals surface area contributed by atoms with Crippen molar-refractivity contribution in [2.75, 3.05) is 13.2 Å². The summed E-state index contributed by atoms with van der Waals surface area (Å²) in [6.07, 6.45) is -4.89. The Morgan fingerprint density at radius 2 is 0.925 bits per heavy atom. The Morgan fingerprint density at radius 1 is 0.625 bits per heavy atom. The molecule has 14 heteroatoms. The lowest BCUT2D eigenvalue weighted by molar-refractivity contribution is -0.208. The van der Waals surface area contributed by atoms with Crippen LogP contribution in [-0.4, -0.2) is 67.1 Å². The van der Waals surface area contributed by atoms with E-state index in [0.717, 1.165) is 27.7 Å². The largest absolute Gasteiger partial charge is 0.457 e. The van der Waals surface area contributed by atoms with E-state index >= 15 is 0 Å². The molecule has 0 saturated heterocycles. The topological polar surface area (TPSA) is 105 Å². The molecule has 0 spiro atoms. The summed E-state index contributed by atoms with van der Waals surface area (Å²) < 4.78 is 105. The second kappa shape index (κ2) is 15.3. The van der Waals surface area contributed by atoms with E-state index in [2.05, 4.69) is 16.1 Å². The molecule has 0 rings (SSSR count). The van der Waals surface area contributed by atoms with Crippen LogP contribution < -0.4 is 0 Å². The fourth-order valence-electron chi connectivity index (χ4n) is 2.77. The lowest BCUT2D eigenvalue weighted by atomic mass is 10.0. The van der Waals surface area contributed by atoms with E-state index in [4.69, 9.17) is 9.47 Å². The lowest BCUT2D eigenvalue weighted by Crippen LogP contribution is -2.48. The molecule has 5 unspecified atom stereocenters. The molecule has 0 radical (unpaired) electrons. The molecule has 0 aliphatic rings. The average Bonchev–Trinajstić information content (AvgIpc) is 2.90. The number of hydrogen-bond acceptors (Lipinski definition) is 8. The van der Waals surface area contributed by atoms with Crippen molar-refractivity contribution in [2.45, 2.75) is 97.7 Å². The highest BCUT2D eigenvalue weighted by Gasteiger charge is 2.50. The second-order valence-corrected chi connectivity index (χ2v) is 9.66. The van der Waals surface area contributed by atoms with Crippen LogP contribution in [0, 0.1) is 17.8 Å². The third-order valence-corrected chi connectivity index (χ3v) is 6.55. The highest BCUT2D eigenvalue weighted by atomic mass is 19.3. The minimum Gasteiger partial charge on any atom is -0.457 e. The molecule has 0 saturated carbocycles. The van der Waals surface area contributed by atoms with E-state index in [-0.39, 0.29) is 24.8 Å². The molecule has 8 nitrogen and oxygen atoms in total. The molecule has 0 amide bonds. The smallest absolute Gasteiger partial charge is 0.377 e. The average molecular weight is 593 g/mol. The van der Waals surface area contributed by atoms with Crippen molar-refractivity contribution in [3.8, 4) is 0 Å². The number of halogens is 6. The van der Waals surface area contributed by atoms with Crippen LogP contribution in [0.3, 0.4) is 0 Å². The fourth-order valence-corrected chi connectivity index (χ4v) is 2.77. The van der Waals surface area contributed by atoms with Gasteiger partial charge >= 0.3 is 41.6 Å². The van der Waals surface area contributed by atoms with E-state index in [0.29, 0.717) is 0 Å². The first-order valence-corrected chi connectivity index (χ1v) is 12.8. The van der Waals surface area contributed by atoms with E-state index in [1.165, 1.54) is 20.8 Å². The first-order chi connectivity index (χ1) is 18.2. The maximum absolute atomic E-state index is 14.6. The first kappa shape index (κ1) is 37.2. The van der Waals surface area contributed by atoms with Gasteiger partial charge in [-0.05, 0) is 26.2 Å². The predicted molar refractivity (Wildman–Crippen MR) is 130 cm³/mol. The molecule has 0 aliphatic carbocycles. The van der Waals surface area contributed by atoms with Gasteiger partial charge in [-0.25, -0.2) is 19.2 Å². The molecule has 0 aromatic heterocycles. The third-order valence-electron chi connectivity index (χ3n) is 6.55. The van der Waals surface area contributed by atoms with Crippen LogP contribution in [0.2, 0.25) is 0 Å². The molecule has 0 aromatic rings. The maximum atomic E-state index is 14.6. The van der Waals surface area contributed by atoms with Crippen molar-refractivity contribution >= 4 is 23.9 Å². The van der Waals surface area contributed by atoms with Crippen LogP contribution in [0.4, 0.5) is 26.3 Å². The summed E-state index contributed by atoms with van der Waals surface area (Å²) in [5, 5.41) is 0. The highest BCUT2D eigenvalue weighted by Crippen LogP contribution is 2.32. The van der Waals surface area contributed by atoms with Crippen LogP contribution in [-0.2, 0) is 38.1 Å². The second-order valence-electron chi connectivity index (χ2n) is 9.66. The summed E-state index contributed by atoms with van der Waals surface area (Å²) in [6.45, 7) is 8.96. The van der Waals surface area contributed by atoms with Crippen LogP contribution >= 0.6 is 0 Å². The van der Waals surface area contributed by atoms with Gasteiger partial charge in [-0.2, -0.15) is 26.3 Å². The van der Waals surface area contributed by atoms with Gasteiger partial charge in [0.05, 0.1) is 0 Å². The summed E-state index contributed by atoms with van der Waals surface area (Å²) in [4.78, 5) is 48.7. The summed E-state index contributed by atoms with van der Waals surface area (Å²) >= 11 is 0. The Hall–Kier alpha value is -2.80. The SMILES string of the molecule is C=C(C)C(=O)OC(COC(=O)C(F)(F)C(C)CC)C(COC(=O)C(F)(F)C(C)CC)OC(=O)C(F)(F)C(C)CC. The Labute approximate surface area is 229 Å². The predicted octanol–water partition coefficient (Wildman–Crippen LogP) is 5.52. The number of ether oxygens (including phenoxy) is 4. The quantitative estimate of drug-likeness (QED) is 0.0942. The van der Waals surface area contributed by atoms with Gasteiger partial charge < -0.3 is 18.9 Å². The van der Waals surface area contributed by atoms with Gasteiger partial charge in [-0.1, -0.05) is 48.1 Å². The van der Waals surface area contributed by atoms with E-state index in [9.17, 15) is 45.5 Å². The van der Waals surface area contributed by atoms with Crippen molar-refractivity contribution in [1.82, 2.24) is 0 Å². The molecule has 0 heterocycles. The molecule has 5 atom stereocenters. The van der Waals surface area contributed by atoms with Crippen molar-refractivity contribution in [3.63, 3.8) is 0 Å². The van der Waals surface area contributed by atoms with Crippen molar-refractivity contribution < 1.29 is 64.5 Å². The Balaban J connectivity index is 6.34. The van der Waals surface area contributed by atoms with Gasteiger partial charge in [0.2, 0.25) is 0 Å². The minimum absolute atomic E-state index is 0.137. The highest BCUT2D eigenvalue weighted by molar-refractivity contribution is 5.87. The van der Waals surface area contributed by atoms with Crippen LogP contribution in [0.25, 0.3) is 0 Å². The monoisotopic (exact) mass is 592 g/mol. The normalized spacial score (nSPS) is 16.1.